The summed E-state index contributed by atoms with van der Waals surface area (Å²) in [6, 6.07) is 13.8. The van der Waals surface area contributed by atoms with E-state index in [1.54, 1.807) is 48.5 Å². The number of carbonyl (C=O) groups is 1. The summed E-state index contributed by atoms with van der Waals surface area (Å²) < 4.78 is 12.0. The first-order valence-corrected chi connectivity index (χ1v) is 6.46. The van der Waals surface area contributed by atoms with Crippen molar-refractivity contribution in [1.29, 1.82) is 0 Å². The molecule has 0 saturated carbocycles. The topological polar surface area (TPSA) is 79.1 Å². The number of nitrogens with zero attached hydrogens (tertiary/aromatic N) is 4. The Morgan fingerprint density at radius 3 is 2.77 bits per heavy atom. The van der Waals surface area contributed by atoms with Crippen molar-refractivity contribution in [1.82, 2.24) is 20.2 Å². The second kappa shape index (κ2) is 6.04. The van der Waals surface area contributed by atoms with Gasteiger partial charge in [-0.25, -0.2) is 9.48 Å². The fourth-order valence-corrected chi connectivity index (χ4v) is 1.94. The van der Waals surface area contributed by atoms with E-state index >= 15 is 0 Å². The Bertz CT molecular complexity index is 787. The van der Waals surface area contributed by atoms with Gasteiger partial charge in [0.2, 0.25) is 0 Å². The Morgan fingerprint density at radius 2 is 2.00 bits per heavy atom. The van der Waals surface area contributed by atoms with Crippen molar-refractivity contribution in [3.8, 4) is 17.2 Å². The molecule has 0 bridgehead atoms. The predicted octanol–water partition coefficient (Wildman–Crippen LogP) is 1.89. The Kier molecular flexibility index (Phi) is 3.78. The zero-order valence-corrected chi connectivity index (χ0v) is 11.7. The standard InChI is InChI=1S/C15H12N4O3/c1-21-14-8-3-2-7-13(14)15(20)22-12-6-4-5-11(9-12)19-10-16-17-18-19/h2-10H,1H3. The number of ether oxygens (including phenoxy) is 2. The van der Waals surface area contributed by atoms with Crippen LogP contribution < -0.4 is 9.47 Å². The molecule has 1 heterocycles. The van der Waals surface area contributed by atoms with Gasteiger partial charge in [-0.2, -0.15) is 0 Å². The van der Waals surface area contributed by atoms with Crippen molar-refractivity contribution in [2.24, 2.45) is 0 Å². The van der Waals surface area contributed by atoms with Crippen LogP contribution in [-0.2, 0) is 0 Å². The van der Waals surface area contributed by atoms with Gasteiger partial charge in [-0.15, -0.1) is 5.10 Å². The van der Waals surface area contributed by atoms with Gasteiger partial charge in [0.25, 0.3) is 0 Å². The average Bonchev–Trinajstić information content (AvgIpc) is 3.09. The Labute approximate surface area is 126 Å². The second-order valence-corrected chi connectivity index (χ2v) is 4.34. The summed E-state index contributed by atoms with van der Waals surface area (Å²) in [6.07, 6.45) is 1.46. The van der Waals surface area contributed by atoms with Crippen molar-refractivity contribution < 1.29 is 14.3 Å². The molecule has 110 valence electrons. The van der Waals surface area contributed by atoms with Gasteiger partial charge >= 0.3 is 5.97 Å². The molecule has 7 heteroatoms. The molecule has 0 spiro atoms. The summed E-state index contributed by atoms with van der Waals surface area (Å²) in [7, 11) is 1.50. The highest BCUT2D eigenvalue weighted by molar-refractivity contribution is 5.94. The lowest BCUT2D eigenvalue weighted by Gasteiger charge is -2.09. The van der Waals surface area contributed by atoms with E-state index in [4.69, 9.17) is 9.47 Å². The van der Waals surface area contributed by atoms with Gasteiger partial charge in [-0.05, 0) is 34.7 Å². The number of tetrazole rings is 1. The largest absolute Gasteiger partial charge is 0.496 e. The highest BCUT2D eigenvalue weighted by Crippen LogP contribution is 2.21. The molecule has 0 aliphatic rings. The monoisotopic (exact) mass is 296 g/mol. The maximum Gasteiger partial charge on any atom is 0.347 e. The molecule has 0 fully saturated rings. The lowest BCUT2D eigenvalue weighted by molar-refractivity contribution is 0.0731. The van der Waals surface area contributed by atoms with Gasteiger partial charge in [0.05, 0.1) is 12.8 Å². The minimum atomic E-state index is -0.494. The van der Waals surface area contributed by atoms with E-state index < -0.39 is 5.97 Å². The van der Waals surface area contributed by atoms with Gasteiger partial charge in [-0.1, -0.05) is 18.2 Å². The van der Waals surface area contributed by atoms with Crippen molar-refractivity contribution in [3.05, 3.63) is 60.4 Å². The number of para-hydroxylation sites is 1. The number of rotatable bonds is 4. The van der Waals surface area contributed by atoms with Crippen LogP contribution in [0.2, 0.25) is 0 Å². The lowest BCUT2D eigenvalue weighted by Crippen LogP contribution is -2.10. The van der Waals surface area contributed by atoms with Crippen molar-refractivity contribution in [2.75, 3.05) is 7.11 Å². The number of benzene rings is 2. The molecule has 0 N–H and O–H groups in total. The molecular weight excluding hydrogens is 284 g/mol. The first-order chi connectivity index (χ1) is 10.8. The molecule has 0 atom stereocenters. The van der Waals surface area contributed by atoms with E-state index in [1.807, 2.05) is 0 Å². The van der Waals surface area contributed by atoms with Crippen LogP contribution in [0.4, 0.5) is 0 Å². The van der Waals surface area contributed by atoms with Gasteiger partial charge < -0.3 is 9.47 Å². The number of esters is 1. The number of hydrogen-bond donors (Lipinski definition) is 0. The normalized spacial score (nSPS) is 10.2. The highest BCUT2D eigenvalue weighted by Gasteiger charge is 2.14. The third-order valence-corrected chi connectivity index (χ3v) is 2.97. The summed E-state index contributed by atoms with van der Waals surface area (Å²) in [4.78, 5) is 12.2. The molecule has 0 aliphatic heterocycles. The molecule has 0 radical (unpaired) electrons. The number of methoxy groups -OCH3 is 1. The lowest BCUT2D eigenvalue weighted by atomic mass is 10.2. The molecule has 7 nitrogen and oxygen atoms in total. The van der Waals surface area contributed by atoms with Crippen LogP contribution in [0.5, 0.6) is 11.5 Å². The minimum Gasteiger partial charge on any atom is -0.496 e. The van der Waals surface area contributed by atoms with Crippen LogP contribution >= 0.6 is 0 Å². The van der Waals surface area contributed by atoms with Crippen LogP contribution in [0.25, 0.3) is 5.69 Å². The Morgan fingerprint density at radius 1 is 1.14 bits per heavy atom. The summed E-state index contributed by atoms with van der Waals surface area (Å²) in [5, 5.41) is 10.9. The molecule has 3 rings (SSSR count). The SMILES string of the molecule is COc1ccccc1C(=O)Oc1cccc(-n2cnnn2)c1. The van der Waals surface area contributed by atoms with Crippen molar-refractivity contribution >= 4 is 5.97 Å². The molecule has 0 unspecified atom stereocenters. The molecule has 0 aliphatic carbocycles. The molecule has 1 aromatic heterocycles. The Hall–Kier alpha value is -3.22. The van der Waals surface area contributed by atoms with Crippen LogP contribution in [0, 0.1) is 0 Å². The highest BCUT2D eigenvalue weighted by atomic mass is 16.5. The second-order valence-electron chi connectivity index (χ2n) is 4.34. The quantitative estimate of drug-likeness (QED) is 0.540. The zero-order valence-electron chi connectivity index (χ0n) is 11.7. The summed E-state index contributed by atoms with van der Waals surface area (Å²) in [6.45, 7) is 0. The van der Waals surface area contributed by atoms with E-state index in [1.165, 1.54) is 18.1 Å². The third kappa shape index (κ3) is 2.78. The first-order valence-electron chi connectivity index (χ1n) is 6.46. The summed E-state index contributed by atoms with van der Waals surface area (Å²) in [5.41, 5.74) is 1.05. The maximum atomic E-state index is 12.2. The van der Waals surface area contributed by atoms with Gasteiger partial charge in [0, 0.05) is 6.07 Å². The predicted molar refractivity (Wildman–Crippen MR) is 77.1 cm³/mol. The van der Waals surface area contributed by atoms with Crippen LogP contribution in [0.1, 0.15) is 10.4 Å². The van der Waals surface area contributed by atoms with Gasteiger partial charge in [-0.3, -0.25) is 0 Å². The van der Waals surface area contributed by atoms with Crippen LogP contribution in [0.3, 0.4) is 0 Å². The van der Waals surface area contributed by atoms with Crippen LogP contribution in [0.15, 0.2) is 54.9 Å². The van der Waals surface area contributed by atoms with Gasteiger partial charge in [0.15, 0.2) is 0 Å². The van der Waals surface area contributed by atoms with Crippen molar-refractivity contribution in [2.45, 2.75) is 0 Å². The van der Waals surface area contributed by atoms with E-state index in [-0.39, 0.29) is 0 Å². The van der Waals surface area contributed by atoms with Gasteiger partial charge in [0.1, 0.15) is 23.4 Å². The number of carbonyl (C=O) groups excluding carboxylic acids is 1. The first kappa shape index (κ1) is 13.7. The number of aromatic nitrogens is 4. The summed E-state index contributed by atoms with van der Waals surface area (Å²) >= 11 is 0. The smallest absolute Gasteiger partial charge is 0.347 e. The van der Waals surface area contributed by atoms with Crippen molar-refractivity contribution in [3.63, 3.8) is 0 Å². The van der Waals surface area contributed by atoms with E-state index in [0.717, 1.165) is 0 Å². The fraction of sp³-hybridized carbons (Fsp3) is 0.0667. The summed E-state index contributed by atoms with van der Waals surface area (Å²) in [5.74, 6) is 0.361. The maximum absolute atomic E-state index is 12.2. The van der Waals surface area contributed by atoms with E-state index in [0.29, 0.717) is 22.7 Å². The minimum absolute atomic E-state index is 0.359. The van der Waals surface area contributed by atoms with E-state index in [2.05, 4.69) is 15.5 Å². The zero-order chi connectivity index (χ0) is 15.4. The Balaban J connectivity index is 1.84. The molecular formula is C15H12N4O3. The van der Waals surface area contributed by atoms with E-state index in [9.17, 15) is 4.79 Å². The molecule has 0 saturated heterocycles. The average molecular weight is 296 g/mol. The molecule has 0 amide bonds. The molecule has 3 aromatic rings. The third-order valence-electron chi connectivity index (χ3n) is 2.97. The fourth-order valence-electron chi connectivity index (χ4n) is 1.94. The molecule has 2 aromatic carbocycles. The van der Waals surface area contributed by atoms with Crippen LogP contribution in [-0.4, -0.2) is 33.3 Å². The molecule has 22 heavy (non-hydrogen) atoms. The number of hydrogen-bond acceptors (Lipinski definition) is 6.